The topological polar surface area (TPSA) is 43.4 Å². The first-order valence-corrected chi connectivity index (χ1v) is 9.01. The number of methoxy groups -OCH3 is 1. The molecule has 0 radical (unpaired) electrons. The largest absolute Gasteiger partial charge is 0.492 e. The molecule has 3 atom stereocenters. The van der Waals surface area contributed by atoms with Crippen molar-refractivity contribution < 1.29 is 14.3 Å². The highest BCUT2D eigenvalue weighted by Crippen LogP contribution is 2.44. The summed E-state index contributed by atoms with van der Waals surface area (Å²) in [6, 6.07) is 0. The minimum absolute atomic E-state index is 0.0204. The summed E-state index contributed by atoms with van der Waals surface area (Å²) in [5.41, 5.74) is 3.29. The molecule has 0 spiro atoms. The third-order valence-corrected chi connectivity index (χ3v) is 5.51. The van der Waals surface area contributed by atoms with Gasteiger partial charge in [-0.15, -0.1) is 0 Å². The molecule has 2 aliphatic carbocycles. The molecule has 0 saturated carbocycles. The van der Waals surface area contributed by atoms with Gasteiger partial charge < -0.3 is 4.74 Å². The van der Waals surface area contributed by atoms with E-state index in [9.17, 15) is 9.59 Å². The van der Waals surface area contributed by atoms with Crippen molar-refractivity contribution in [3.63, 3.8) is 0 Å². The zero-order valence-electron chi connectivity index (χ0n) is 15.9. The van der Waals surface area contributed by atoms with Gasteiger partial charge in [-0.25, -0.2) is 0 Å². The molecule has 0 aromatic heterocycles. The lowest BCUT2D eigenvalue weighted by molar-refractivity contribution is -0.120. The van der Waals surface area contributed by atoms with Gasteiger partial charge in [-0.05, 0) is 64.2 Å². The van der Waals surface area contributed by atoms with E-state index in [1.54, 1.807) is 6.92 Å². The summed E-state index contributed by atoms with van der Waals surface area (Å²) < 4.78 is 5.24. The van der Waals surface area contributed by atoms with Crippen LogP contribution < -0.4 is 0 Å². The van der Waals surface area contributed by atoms with Crippen LogP contribution in [0.15, 0.2) is 34.1 Å². The van der Waals surface area contributed by atoms with Crippen molar-refractivity contribution in [2.45, 2.75) is 60.3 Å². The van der Waals surface area contributed by atoms with Gasteiger partial charge in [0.25, 0.3) is 0 Å². The molecule has 132 valence electrons. The third kappa shape index (κ3) is 3.40. The maximum Gasteiger partial charge on any atom is 0.224 e. The quantitative estimate of drug-likeness (QED) is 0.538. The molecule has 0 saturated heterocycles. The Morgan fingerprint density at radius 1 is 1.21 bits per heavy atom. The molecular weight excluding hydrogens is 300 g/mol. The molecule has 0 aliphatic heterocycles. The van der Waals surface area contributed by atoms with Crippen LogP contribution in [0, 0.1) is 17.8 Å². The average molecular weight is 330 g/mol. The second-order valence-electron chi connectivity index (χ2n) is 7.56. The number of hydrogen-bond acceptors (Lipinski definition) is 3. The highest BCUT2D eigenvalue weighted by Gasteiger charge is 2.42. The fourth-order valence-corrected chi connectivity index (χ4v) is 4.07. The van der Waals surface area contributed by atoms with E-state index in [0.717, 1.165) is 31.3 Å². The van der Waals surface area contributed by atoms with Crippen molar-refractivity contribution in [1.29, 1.82) is 0 Å². The SMILES string of the molecule is COC1=C(C)C(=O)C2=C(C1=O)[C@@H](C)CC[C@@H]2[C@@H](C)CCC=C(C)C. The van der Waals surface area contributed by atoms with E-state index >= 15 is 0 Å². The Morgan fingerprint density at radius 2 is 1.88 bits per heavy atom. The predicted molar refractivity (Wildman–Crippen MR) is 96.5 cm³/mol. The second-order valence-corrected chi connectivity index (χ2v) is 7.56. The van der Waals surface area contributed by atoms with Crippen LogP contribution in [0.3, 0.4) is 0 Å². The number of ether oxygens (including phenoxy) is 1. The number of allylic oxidation sites excluding steroid dienone is 5. The van der Waals surface area contributed by atoms with Gasteiger partial charge in [-0.3, -0.25) is 9.59 Å². The molecule has 0 heterocycles. The van der Waals surface area contributed by atoms with Crippen molar-refractivity contribution in [1.82, 2.24) is 0 Å². The summed E-state index contributed by atoms with van der Waals surface area (Å²) in [5, 5.41) is 0. The molecule has 3 nitrogen and oxygen atoms in total. The first-order valence-electron chi connectivity index (χ1n) is 9.01. The van der Waals surface area contributed by atoms with Crippen molar-refractivity contribution in [3.8, 4) is 0 Å². The fourth-order valence-electron chi connectivity index (χ4n) is 4.07. The second kappa shape index (κ2) is 7.50. The van der Waals surface area contributed by atoms with Crippen molar-refractivity contribution in [2.24, 2.45) is 17.8 Å². The molecule has 0 fully saturated rings. The maximum atomic E-state index is 13.0. The van der Waals surface area contributed by atoms with E-state index in [2.05, 4.69) is 33.8 Å². The first kappa shape index (κ1) is 18.7. The van der Waals surface area contributed by atoms with Crippen LogP contribution >= 0.6 is 0 Å². The Balaban J connectivity index is 2.35. The molecule has 0 aromatic rings. The summed E-state index contributed by atoms with van der Waals surface area (Å²) in [5.74, 6) is 0.906. The summed E-state index contributed by atoms with van der Waals surface area (Å²) in [6.45, 7) is 10.2. The minimum atomic E-state index is -0.0710. The summed E-state index contributed by atoms with van der Waals surface area (Å²) in [7, 11) is 1.47. The van der Waals surface area contributed by atoms with Crippen molar-refractivity contribution in [2.75, 3.05) is 7.11 Å². The molecule has 24 heavy (non-hydrogen) atoms. The number of carbonyl (C=O) groups excluding carboxylic acids is 2. The summed E-state index contributed by atoms with van der Waals surface area (Å²) >= 11 is 0. The predicted octanol–water partition coefficient (Wildman–Crippen LogP) is 4.78. The van der Waals surface area contributed by atoms with Crippen molar-refractivity contribution in [3.05, 3.63) is 34.1 Å². The Labute approximate surface area is 145 Å². The van der Waals surface area contributed by atoms with Gasteiger partial charge in [-0.1, -0.05) is 25.5 Å². The Hall–Kier alpha value is -1.64. The van der Waals surface area contributed by atoms with Gasteiger partial charge in [-0.2, -0.15) is 0 Å². The average Bonchev–Trinajstić information content (AvgIpc) is 2.52. The van der Waals surface area contributed by atoms with Crippen LogP contribution in [0.25, 0.3) is 0 Å². The van der Waals surface area contributed by atoms with E-state index in [0.29, 0.717) is 17.1 Å². The van der Waals surface area contributed by atoms with Gasteiger partial charge in [0.2, 0.25) is 5.78 Å². The molecule has 0 N–H and O–H groups in total. The normalized spacial score (nSPS) is 25.6. The molecular formula is C21H30O3. The highest BCUT2D eigenvalue weighted by molar-refractivity contribution is 6.24. The standard InChI is InChI=1S/C21H30O3/c1-12(2)8-7-9-13(3)16-11-10-14(4)17-18(16)19(22)15(5)21(24-6)20(17)23/h8,13-14,16H,7,9-11H2,1-6H3/t13-,14-,16+/m0/s1. The lowest BCUT2D eigenvalue weighted by atomic mass is 9.66. The Morgan fingerprint density at radius 3 is 2.46 bits per heavy atom. The Kier molecular flexibility index (Phi) is 5.84. The van der Waals surface area contributed by atoms with E-state index in [1.165, 1.54) is 12.7 Å². The number of carbonyl (C=O) groups is 2. The van der Waals surface area contributed by atoms with Crippen LogP contribution in [-0.2, 0) is 14.3 Å². The van der Waals surface area contributed by atoms with Gasteiger partial charge in [0.1, 0.15) is 0 Å². The van der Waals surface area contributed by atoms with Crippen molar-refractivity contribution >= 4 is 11.6 Å². The number of rotatable bonds is 5. The third-order valence-electron chi connectivity index (χ3n) is 5.51. The first-order chi connectivity index (χ1) is 11.3. The molecule has 2 aliphatic rings. The molecule has 0 aromatic carbocycles. The molecule has 3 heteroatoms. The monoisotopic (exact) mass is 330 g/mol. The lowest BCUT2D eigenvalue weighted by Crippen LogP contribution is -2.35. The minimum Gasteiger partial charge on any atom is -0.492 e. The maximum absolute atomic E-state index is 13.0. The van der Waals surface area contributed by atoms with Gasteiger partial charge in [0.05, 0.1) is 7.11 Å². The van der Waals surface area contributed by atoms with Crippen LogP contribution in [0.4, 0.5) is 0 Å². The van der Waals surface area contributed by atoms with Crippen LogP contribution in [0.1, 0.15) is 60.3 Å². The van der Waals surface area contributed by atoms with E-state index < -0.39 is 0 Å². The van der Waals surface area contributed by atoms with E-state index in [1.807, 2.05) is 0 Å². The highest BCUT2D eigenvalue weighted by atomic mass is 16.5. The molecule has 0 unspecified atom stereocenters. The summed E-state index contributed by atoms with van der Waals surface area (Å²) in [4.78, 5) is 25.8. The zero-order chi connectivity index (χ0) is 18.0. The number of Topliss-reactive ketones (excluding diaryl/α,β-unsaturated/α-hetero) is 2. The zero-order valence-corrected chi connectivity index (χ0v) is 15.9. The molecule has 2 rings (SSSR count). The molecule has 0 bridgehead atoms. The van der Waals surface area contributed by atoms with E-state index in [-0.39, 0.29) is 29.2 Å². The van der Waals surface area contributed by atoms with Gasteiger partial charge in [0.15, 0.2) is 11.5 Å². The Bertz CT molecular complexity index is 629. The molecule has 0 amide bonds. The van der Waals surface area contributed by atoms with Crippen LogP contribution in [0.2, 0.25) is 0 Å². The van der Waals surface area contributed by atoms with Crippen LogP contribution in [0.5, 0.6) is 0 Å². The number of hydrogen-bond donors (Lipinski definition) is 0. The van der Waals surface area contributed by atoms with Crippen LogP contribution in [-0.4, -0.2) is 18.7 Å². The smallest absolute Gasteiger partial charge is 0.224 e. The van der Waals surface area contributed by atoms with E-state index in [4.69, 9.17) is 4.74 Å². The fraction of sp³-hybridized carbons (Fsp3) is 0.619. The summed E-state index contributed by atoms with van der Waals surface area (Å²) in [6.07, 6.45) is 6.27. The number of ketones is 2. The van der Waals surface area contributed by atoms with Gasteiger partial charge in [0, 0.05) is 16.7 Å². The lowest BCUT2D eigenvalue weighted by Gasteiger charge is -2.37. The van der Waals surface area contributed by atoms with Gasteiger partial charge >= 0.3 is 0 Å².